The third-order valence-electron chi connectivity index (χ3n) is 7.46. The fourth-order valence-corrected chi connectivity index (χ4v) is 6.21. The summed E-state index contributed by atoms with van der Waals surface area (Å²) in [5.74, 6) is 4.52. The smallest absolute Gasteiger partial charge is 0.241 e. The summed E-state index contributed by atoms with van der Waals surface area (Å²) < 4.78 is 29.4. The zero-order valence-electron chi connectivity index (χ0n) is 22.8. The van der Waals surface area contributed by atoms with Crippen molar-refractivity contribution in [3.8, 4) is 0 Å². The Hall–Kier alpha value is -3.51. The summed E-state index contributed by atoms with van der Waals surface area (Å²) in [6.45, 7) is 3.64. The number of amides is 2. The number of rotatable bonds is 13. The lowest BCUT2D eigenvalue weighted by atomic mass is 9.97. The number of likely N-dealkylation sites (tertiary alicyclic amines) is 1. The fraction of sp³-hybridized carbons (Fsp3) is 0.500. The van der Waals surface area contributed by atoms with Crippen LogP contribution in [0.2, 0.25) is 0 Å². The average molecular weight is 571 g/mol. The number of hydrogen-bond donors (Lipinski definition) is 3. The van der Waals surface area contributed by atoms with Gasteiger partial charge in [-0.2, -0.15) is 9.82 Å². The summed E-state index contributed by atoms with van der Waals surface area (Å²) in [5, 5.41) is 8.07. The largest absolute Gasteiger partial charge is 0.361 e. The highest BCUT2D eigenvalue weighted by Crippen LogP contribution is 2.28. The van der Waals surface area contributed by atoms with Crippen molar-refractivity contribution >= 4 is 44.7 Å². The molecule has 4 rings (SSSR count). The van der Waals surface area contributed by atoms with Crippen molar-refractivity contribution in [2.24, 2.45) is 16.9 Å². The molecule has 2 amide bonds. The molecule has 0 radical (unpaired) electrons. The minimum absolute atomic E-state index is 0.0129. The van der Waals surface area contributed by atoms with Gasteiger partial charge < -0.3 is 21.0 Å². The molecule has 4 N–H and O–H groups in total. The van der Waals surface area contributed by atoms with Gasteiger partial charge in [-0.15, -0.1) is 0 Å². The maximum absolute atomic E-state index is 13.7. The van der Waals surface area contributed by atoms with Gasteiger partial charge in [-0.25, -0.2) is 8.42 Å². The Labute approximate surface area is 235 Å². The van der Waals surface area contributed by atoms with Gasteiger partial charge in [-0.1, -0.05) is 30.3 Å². The number of piperidine rings is 1. The van der Waals surface area contributed by atoms with Crippen molar-refractivity contribution in [1.29, 1.82) is 0 Å². The molecule has 2 aromatic carbocycles. The lowest BCUT2D eigenvalue weighted by Gasteiger charge is -2.30. The van der Waals surface area contributed by atoms with Gasteiger partial charge >= 0.3 is 0 Å². The number of benzene rings is 2. The number of carbonyl (C=O) groups is 3. The van der Waals surface area contributed by atoms with E-state index in [2.05, 4.69) is 15.1 Å². The molecule has 216 valence electrons. The number of Topliss-reactive ketones (excluding diaryl/α,β-unsaturated/α-hetero) is 1. The van der Waals surface area contributed by atoms with Crippen molar-refractivity contribution < 1.29 is 22.8 Å². The summed E-state index contributed by atoms with van der Waals surface area (Å²) >= 11 is 0. The lowest BCUT2D eigenvalue weighted by Crippen LogP contribution is -2.51. The van der Waals surface area contributed by atoms with E-state index >= 15 is 0 Å². The summed E-state index contributed by atoms with van der Waals surface area (Å²) in [4.78, 5) is 41.9. The summed E-state index contributed by atoms with van der Waals surface area (Å²) in [7, 11) is -4.13. The Morgan fingerprint density at radius 1 is 1.10 bits per heavy atom. The lowest BCUT2D eigenvalue weighted by molar-refractivity contribution is -0.136. The molecule has 0 aromatic heterocycles. The maximum Gasteiger partial charge on any atom is 0.241 e. The average Bonchev–Trinajstić information content (AvgIpc) is 3.77. The van der Waals surface area contributed by atoms with Crippen LogP contribution in [0.5, 0.6) is 0 Å². The summed E-state index contributed by atoms with van der Waals surface area (Å²) in [5.41, 5.74) is 0. The van der Waals surface area contributed by atoms with Gasteiger partial charge in [0.25, 0.3) is 0 Å². The molecule has 1 atom stereocenters. The van der Waals surface area contributed by atoms with Crippen LogP contribution in [0.25, 0.3) is 10.8 Å². The van der Waals surface area contributed by atoms with Gasteiger partial charge in [-0.3, -0.25) is 14.4 Å². The monoisotopic (exact) mass is 570 g/mol. The van der Waals surface area contributed by atoms with Crippen LogP contribution >= 0.6 is 0 Å². The van der Waals surface area contributed by atoms with E-state index in [1.807, 2.05) is 29.2 Å². The molecule has 0 bridgehead atoms. The standard InChI is InChI=1S/C28H38N6O5S/c1-20(35)10-15-34(24-7-8-24)28(37)26(17-27(36)30-18-21-11-13-33(14-12-21)19-31-29)32-40(38,39)25-9-6-22-4-2-3-5-23(22)16-25/h2-6,9,16,19,21,24,26,32H,7-8,10-15,17-18,29H2,1H3,(H,30,36). The number of carbonyl (C=O) groups excluding carboxylic acids is 3. The highest BCUT2D eigenvalue weighted by atomic mass is 32.2. The molecule has 2 aromatic rings. The number of nitrogens with two attached hydrogens (primary N) is 1. The Balaban J connectivity index is 1.48. The summed E-state index contributed by atoms with van der Waals surface area (Å²) in [6.07, 6.45) is 4.71. The molecule has 0 spiro atoms. The van der Waals surface area contributed by atoms with Crippen LogP contribution < -0.4 is 15.9 Å². The third-order valence-corrected chi connectivity index (χ3v) is 8.93. The Morgan fingerprint density at radius 2 is 1.80 bits per heavy atom. The highest BCUT2D eigenvalue weighted by molar-refractivity contribution is 7.89. The number of nitrogens with one attached hydrogen (secondary N) is 2. The molecule has 40 heavy (non-hydrogen) atoms. The minimum Gasteiger partial charge on any atom is -0.361 e. The van der Waals surface area contributed by atoms with Crippen LogP contribution in [0.15, 0.2) is 52.5 Å². The van der Waals surface area contributed by atoms with E-state index in [9.17, 15) is 22.8 Å². The van der Waals surface area contributed by atoms with E-state index in [4.69, 9.17) is 5.84 Å². The van der Waals surface area contributed by atoms with Gasteiger partial charge in [0.05, 0.1) is 11.3 Å². The first-order chi connectivity index (χ1) is 19.2. The number of sulfonamides is 1. The van der Waals surface area contributed by atoms with Crippen LogP contribution in [-0.4, -0.2) is 80.4 Å². The first-order valence-corrected chi connectivity index (χ1v) is 15.2. The van der Waals surface area contributed by atoms with Crippen molar-refractivity contribution in [3.05, 3.63) is 42.5 Å². The van der Waals surface area contributed by atoms with E-state index in [0.29, 0.717) is 6.54 Å². The molecule has 1 aliphatic heterocycles. The van der Waals surface area contributed by atoms with E-state index in [0.717, 1.165) is 49.5 Å². The van der Waals surface area contributed by atoms with Gasteiger partial charge in [-0.05, 0) is 61.4 Å². The topological polar surface area (TPSA) is 154 Å². The van der Waals surface area contributed by atoms with E-state index in [1.54, 1.807) is 23.4 Å². The summed E-state index contributed by atoms with van der Waals surface area (Å²) in [6, 6.07) is 10.8. The predicted octanol–water partition coefficient (Wildman–Crippen LogP) is 1.58. The van der Waals surface area contributed by atoms with E-state index in [1.165, 1.54) is 13.0 Å². The second kappa shape index (κ2) is 13.2. The van der Waals surface area contributed by atoms with Crippen LogP contribution in [0.1, 0.15) is 45.4 Å². The number of fused-ring (bicyclic) bond motifs is 1. The normalized spacial score (nSPS) is 17.2. The van der Waals surface area contributed by atoms with Crippen molar-refractivity contribution in [2.75, 3.05) is 26.2 Å². The zero-order valence-corrected chi connectivity index (χ0v) is 23.6. The van der Waals surface area contributed by atoms with Crippen molar-refractivity contribution in [1.82, 2.24) is 19.8 Å². The Kier molecular flexibility index (Phi) is 9.75. The molecule has 12 heteroatoms. The third kappa shape index (κ3) is 8.01. The van der Waals surface area contributed by atoms with Crippen LogP contribution in [0, 0.1) is 5.92 Å². The molecular formula is C28H38N6O5S. The number of hydrogen-bond acceptors (Lipinski definition) is 7. The van der Waals surface area contributed by atoms with Crippen molar-refractivity contribution in [3.63, 3.8) is 0 Å². The minimum atomic E-state index is -4.13. The SMILES string of the molecule is CC(=O)CCN(C(=O)C(CC(=O)NCC1CCN(C=NN)CC1)NS(=O)(=O)c1ccc2ccccc2c1)C1CC1. The number of hydrazone groups is 1. The second-order valence-corrected chi connectivity index (χ2v) is 12.4. The second-order valence-electron chi connectivity index (χ2n) is 10.6. The molecule has 2 aliphatic rings. The predicted molar refractivity (Wildman–Crippen MR) is 153 cm³/mol. The Morgan fingerprint density at radius 3 is 2.45 bits per heavy atom. The van der Waals surface area contributed by atoms with Gasteiger partial charge in [0.15, 0.2) is 0 Å². The molecule has 1 aliphatic carbocycles. The zero-order chi connectivity index (χ0) is 28.7. The first-order valence-electron chi connectivity index (χ1n) is 13.7. The van der Waals surface area contributed by atoms with E-state index < -0.39 is 27.9 Å². The quantitative estimate of drug-likeness (QED) is 0.143. The number of nitrogens with zero attached hydrogens (tertiary/aromatic N) is 3. The molecule has 1 saturated heterocycles. The first kappa shape index (κ1) is 29.5. The molecule has 1 unspecified atom stereocenters. The number of ketones is 1. The highest BCUT2D eigenvalue weighted by Gasteiger charge is 2.38. The van der Waals surface area contributed by atoms with Crippen molar-refractivity contribution in [2.45, 2.75) is 62.4 Å². The van der Waals surface area contributed by atoms with E-state index in [-0.39, 0.29) is 42.0 Å². The van der Waals surface area contributed by atoms with Gasteiger partial charge in [0, 0.05) is 38.6 Å². The van der Waals surface area contributed by atoms with Gasteiger partial charge in [0.1, 0.15) is 18.2 Å². The maximum atomic E-state index is 13.7. The van der Waals surface area contributed by atoms with Crippen LogP contribution in [-0.2, 0) is 24.4 Å². The van der Waals surface area contributed by atoms with Crippen LogP contribution in [0.3, 0.4) is 0 Å². The molecular weight excluding hydrogens is 532 g/mol. The van der Waals surface area contributed by atoms with Crippen LogP contribution in [0.4, 0.5) is 0 Å². The Bertz CT molecular complexity index is 1350. The molecule has 2 fully saturated rings. The molecule has 11 nitrogen and oxygen atoms in total. The van der Waals surface area contributed by atoms with Gasteiger partial charge in [0.2, 0.25) is 21.8 Å². The fourth-order valence-electron chi connectivity index (χ4n) is 4.99. The molecule has 1 heterocycles. The molecule has 1 saturated carbocycles.